The zero-order chi connectivity index (χ0) is 37.4. The predicted octanol–water partition coefficient (Wildman–Crippen LogP) is 14.5. The number of aryl methyl sites for hydroxylation is 4. The molecule has 10 rings (SSSR count). The van der Waals surface area contributed by atoms with E-state index in [4.69, 9.17) is 0 Å². The molecule has 0 fully saturated rings. The minimum absolute atomic E-state index is 1.11. The Morgan fingerprint density at radius 1 is 0.345 bits per heavy atom. The summed E-state index contributed by atoms with van der Waals surface area (Å²) in [6.45, 7) is 8.55. The molecule has 0 aromatic heterocycles. The molecule has 0 amide bonds. The average Bonchev–Trinajstić information content (AvgIpc) is 3.20. The third-order valence-corrected chi connectivity index (χ3v) is 11.4. The van der Waals surface area contributed by atoms with Gasteiger partial charge in [-0.1, -0.05) is 95.1 Å². The van der Waals surface area contributed by atoms with Crippen LogP contribution in [0.4, 0.5) is 56.9 Å². The lowest BCUT2D eigenvalue weighted by atomic mass is 9.85. The smallest absolute Gasteiger partial charge is 0.0509 e. The summed E-state index contributed by atoms with van der Waals surface area (Å²) >= 11 is 0. The zero-order valence-electron chi connectivity index (χ0n) is 31.9. The molecular weight excluding hydrogens is 669 g/mol. The Morgan fingerprint density at radius 3 is 1.24 bits per heavy atom. The molecule has 8 aromatic rings. The van der Waals surface area contributed by atoms with Crippen molar-refractivity contribution in [2.24, 2.45) is 0 Å². The molecule has 4 heteroatoms. The fourth-order valence-corrected chi connectivity index (χ4v) is 8.43. The number of hydrogen-bond acceptors (Lipinski definition) is 4. The molecule has 0 spiro atoms. The molecule has 2 aliphatic heterocycles. The maximum Gasteiger partial charge on any atom is 0.0509 e. The molecule has 0 saturated carbocycles. The monoisotopic (exact) mass is 710 g/mol. The minimum atomic E-state index is 1.11. The molecule has 8 aromatic carbocycles. The number of nitrogens with one attached hydrogen (secondary N) is 1. The number of fused-ring (bicyclic) bond motifs is 4. The molecule has 2 heterocycles. The Kier molecular flexibility index (Phi) is 7.57. The molecule has 0 unspecified atom stereocenters. The highest BCUT2D eigenvalue weighted by Gasteiger charge is 2.29. The molecular formula is C51H42N4. The van der Waals surface area contributed by atoms with E-state index in [2.05, 4.69) is 212 Å². The van der Waals surface area contributed by atoms with E-state index < -0.39 is 0 Å². The topological polar surface area (TPSA) is 21.8 Å². The van der Waals surface area contributed by atoms with Crippen LogP contribution in [-0.4, -0.2) is 7.05 Å². The Morgan fingerprint density at radius 2 is 0.745 bits per heavy atom. The third kappa shape index (κ3) is 5.44. The van der Waals surface area contributed by atoms with Gasteiger partial charge in [-0.3, -0.25) is 0 Å². The van der Waals surface area contributed by atoms with Gasteiger partial charge in [-0.05, 0) is 124 Å². The van der Waals surface area contributed by atoms with Crippen molar-refractivity contribution in [1.82, 2.24) is 0 Å². The van der Waals surface area contributed by atoms with Gasteiger partial charge >= 0.3 is 0 Å². The standard InChI is InChI=1S/C51H42N4/c1-32-6-14-36(15-7-32)54(37-16-8-33(2)9-17-37)40-22-24-42-44-26-27-45-43-25-23-41(55(38-18-10-34(3)11-19-38)39-20-12-35(4)13-21-39)31-49(43)53(5)48-29-28-46(50(44)51(45)48)52-47(42)30-40/h6-31,52H,1-5H3. The van der Waals surface area contributed by atoms with Gasteiger partial charge in [0.05, 0.1) is 5.69 Å². The van der Waals surface area contributed by atoms with Crippen LogP contribution in [0.3, 0.4) is 0 Å². The van der Waals surface area contributed by atoms with Crippen LogP contribution in [-0.2, 0) is 0 Å². The minimum Gasteiger partial charge on any atom is -0.354 e. The quantitative estimate of drug-likeness (QED) is 0.185. The van der Waals surface area contributed by atoms with Gasteiger partial charge in [0.2, 0.25) is 0 Å². The molecule has 2 aliphatic rings. The maximum atomic E-state index is 3.88. The summed E-state index contributed by atoms with van der Waals surface area (Å²) < 4.78 is 0. The Labute approximate surface area is 323 Å². The van der Waals surface area contributed by atoms with Crippen LogP contribution in [0.2, 0.25) is 0 Å². The number of hydrogen-bond donors (Lipinski definition) is 1. The van der Waals surface area contributed by atoms with Gasteiger partial charge in [-0.2, -0.15) is 0 Å². The largest absolute Gasteiger partial charge is 0.354 e. The van der Waals surface area contributed by atoms with E-state index in [1.165, 1.54) is 66.7 Å². The Hall–Kier alpha value is -6.78. The van der Waals surface area contributed by atoms with Crippen molar-refractivity contribution in [3.8, 4) is 22.3 Å². The summed E-state index contributed by atoms with van der Waals surface area (Å²) in [4.78, 5) is 7.07. The fourth-order valence-electron chi connectivity index (χ4n) is 8.43. The number of anilines is 10. The van der Waals surface area contributed by atoms with Crippen molar-refractivity contribution < 1.29 is 0 Å². The lowest BCUT2D eigenvalue weighted by Gasteiger charge is -2.35. The van der Waals surface area contributed by atoms with Crippen LogP contribution in [0.15, 0.2) is 158 Å². The van der Waals surface area contributed by atoms with E-state index in [1.54, 1.807) is 0 Å². The van der Waals surface area contributed by atoms with Crippen LogP contribution >= 0.6 is 0 Å². The SMILES string of the molecule is Cc1ccc(N(c2ccc(C)cc2)c2ccc3c(c2)Nc2ccc4c5c(ccc-3c25)-c2ccc(N(c3ccc(C)cc3)c3ccc(C)cc3)cc2N4C)cc1. The highest BCUT2D eigenvalue weighted by molar-refractivity contribution is 6.22. The van der Waals surface area contributed by atoms with Crippen LogP contribution < -0.4 is 20.0 Å². The lowest BCUT2D eigenvalue weighted by Crippen LogP contribution is -2.17. The van der Waals surface area contributed by atoms with E-state index in [0.29, 0.717) is 0 Å². The first-order chi connectivity index (χ1) is 26.8. The van der Waals surface area contributed by atoms with Crippen molar-refractivity contribution in [1.29, 1.82) is 0 Å². The summed E-state index contributed by atoms with van der Waals surface area (Å²) in [5, 5.41) is 6.44. The highest BCUT2D eigenvalue weighted by Crippen LogP contribution is 2.55. The normalized spacial score (nSPS) is 12.2. The molecule has 1 N–H and O–H groups in total. The summed E-state index contributed by atoms with van der Waals surface area (Å²) in [6.07, 6.45) is 0. The second-order valence-electron chi connectivity index (χ2n) is 15.2. The van der Waals surface area contributed by atoms with E-state index in [9.17, 15) is 0 Å². The third-order valence-electron chi connectivity index (χ3n) is 11.4. The number of benzene rings is 8. The summed E-state index contributed by atoms with van der Waals surface area (Å²) in [6, 6.07) is 58.2. The van der Waals surface area contributed by atoms with Gasteiger partial charge < -0.3 is 20.0 Å². The van der Waals surface area contributed by atoms with E-state index in [-0.39, 0.29) is 0 Å². The molecule has 4 nitrogen and oxygen atoms in total. The predicted molar refractivity (Wildman–Crippen MR) is 234 cm³/mol. The van der Waals surface area contributed by atoms with Crippen molar-refractivity contribution >= 4 is 67.6 Å². The molecule has 55 heavy (non-hydrogen) atoms. The molecule has 0 atom stereocenters. The van der Waals surface area contributed by atoms with Crippen molar-refractivity contribution in [3.63, 3.8) is 0 Å². The van der Waals surface area contributed by atoms with Gasteiger partial charge in [0, 0.05) is 80.1 Å². The zero-order valence-corrected chi connectivity index (χ0v) is 31.9. The number of nitrogens with zero attached hydrogens (tertiary/aromatic N) is 3. The van der Waals surface area contributed by atoms with E-state index in [1.807, 2.05) is 0 Å². The van der Waals surface area contributed by atoms with Gasteiger partial charge in [0.25, 0.3) is 0 Å². The van der Waals surface area contributed by atoms with Crippen LogP contribution in [0.1, 0.15) is 22.3 Å². The van der Waals surface area contributed by atoms with Gasteiger partial charge in [-0.25, -0.2) is 0 Å². The van der Waals surface area contributed by atoms with Crippen LogP contribution in [0.25, 0.3) is 33.0 Å². The molecule has 0 saturated heterocycles. The Balaban J connectivity index is 1.08. The van der Waals surface area contributed by atoms with Crippen LogP contribution in [0, 0.1) is 27.7 Å². The number of rotatable bonds is 6. The van der Waals surface area contributed by atoms with Crippen molar-refractivity contribution in [2.75, 3.05) is 27.1 Å². The van der Waals surface area contributed by atoms with E-state index >= 15 is 0 Å². The highest BCUT2D eigenvalue weighted by atomic mass is 15.2. The summed E-state index contributed by atoms with van der Waals surface area (Å²) in [7, 11) is 2.21. The molecule has 0 aliphatic carbocycles. The van der Waals surface area contributed by atoms with Crippen LogP contribution in [0.5, 0.6) is 0 Å². The Bertz CT molecular complexity index is 2670. The van der Waals surface area contributed by atoms with Gasteiger partial charge in [0.1, 0.15) is 0 Å². The molecule has 0 radical (unpaired) electrons. The molecule has 266 valence electrons. The van der Waals surface area contributed by atoms with Gasteiger partial charge in [0.15, 0.2) is 0 Å². The van der Waals surface area contributed by atoms with Crippen molar-refractivity contribution in [3.05, 3.63) is 180 Å². The lowest BCUT2D eigenvalue weighted by molar-refractivity contribution is 1.20. The fraction of sp³-hybridized carbons (Fsp3) is 0.0980. The summed E-state index contributed by atoms with van der Waals surface area (Å²) in [5.74, 6) is 0. The second-order valence-corrected chi connectivity index (χ2v) is 15.2. The van der Waals surface area contributed by atoms with Crippen molar-refractivity contribution in [2.45, 2.75) is 27.7 Å². The van der Waals surface area contributed by atoms with Gasteiger partial charge in [-0.15, -0.1) is 0 Å². The summed E-state index contributed by atoms with van der Waals surface area (Å²) in [5.41, 5.74) is 21.4. The first kappa shape index (κ1) is 32.8. The average molecular weight is 711 g/mol. The first-order valence-electron chi connectivity index (χ1n) is 19.1. The van der Waals surface area contributed by atoms with E-state index in [0.717, 1.165) is 45.5 Å². The second kappa shape index (κ2) is 12.7. The molecule has 0 bridgehead atoms. The first-order valence-corrected chi connectivity index (χ1v) is 19.1. The maximum absolute atomic E-state index is 3.88.